The Hall–Kier alpha value is -3.91. The molecule has 1 amide bonds. The number of nitrogens with one attached hydrogen (secondary N) is 1. The summed E-state index contributed by atoms with van der Waals surface area (Å²) in [6, 6.07) is 20.0. The fourth-order valence-electron chi connectivity index (χ4n) is 3.73. The van der Waals surface area contributed by atoms with Gasteiger partial charge in [-0.1, -0.05) is 30.3 Å². The number of carbonyl (C=O) groups is 1. The average molecular weight is 477 g/mol. The van der Waals surface area contributed by atoms with E-state index in [1.54, 1.807) is 36.4 Å². The highest BCUT2D eigenvalue weighted by Gasteiger charge is 2.24. The molecule has 0 aliphatic rings. The average Bonchev–Trinajstić information content (AvgIpc) is 2.81. The first kappa shape index (κ1) is 23.3. The van der Waals surface area contributed by atoms with Crippen LogP contribution in [0.3, 0.4) is 0 Å². The van der Waals surface area contributed by atoms with Gasteiger partial charge >= 0.3 is 0 Å². The lowest BCUT2D eigenvalue weighted by atomic mass is 10.2. The highest BCUT2D eigenvalue weighted by atomic mass is 32.2. The molecule has 4 aromatic rings. The van der Waals surface area contributed by atoms with E-state index in [1.807, 2.05) is 32.0 Å². The zero-order chi connectivity index (χ0) is 24.3. The minimum Gasteiger partial charge on any atom is -0.494 e. The Bertz CT molecular complexity index is 1530. The molecule has 0 spiro atoms. The van der Waals surface area contributed by atoms with Crippen LogP contribution in [0.1, 0.15) is 12.5 Å². The van der Waals surface area contributed by atoms with Crippen molar-refractivity contribution in [2.45, 2.75) is 30.2 Å². The minimum absolute atomic E-state index is 0.00294. The number of hydrogen-bond acceptors (Lipinski definition) is 5. The van der Waals surface area contributed by atoms with Gasteiger partial charge in [-0.15, -0.1) is 0 Å². The van der Waals surface area contributed by atoms with Crippen molar-refractivity contribution in [2.75, 3.05) is 11.9 Å². The van der Waals surface area contributed by atoms with Crippen molar-refractivity contribution < 1.29 is 17.9 Å². The van der Waals surface area contributed by atoms with Crippen molar-refractivity contribution in [3.05, 3.63) is 94.8 Å². The predicted octanol–water partition coefficient (Wildman–Crippen LogP) is 4.18. The van der Waals surface area contributed by atoms with Gasteiger partial charge in [0, 0.05) is 11.9 Å². The van der Waals surface area contributed by atoms with Crippen LogP contribution in [-0.4, -0.2) is 25.5 Å². The van der Waals surface area contributed by atoms with Crippen LogP contribution in [0.2, 0.25) is 0 Å². The van der Waals surface area contributed by atoms with Crippen LogP contribution < -0.4 is 15.5 Å². The molecule has 0 bridgehead atoms. The first-order chi connectivity index (χ1) is 16.3. The van der Waals surface area contributed by atoms with E-state index in [0.717, 1.165) is 5.56 Å². The second kappa shape index (κ2) is 9.52. The second-order valence-corrected chi connectivity index (χ2v) is 9.71. The molecule has 7 nitrogen and oxygen atoms in total. The number of anilines is 1. The molecule has 0 atom stereocenters. The Morgan fingerprint density at radius 3 is 2.47 bits per heavy atom. The fourth-order valence-corrected chi connectivity index (χ4v) is 5.12. The van der Waals surface area contributed by atoms with Crippen LogP contribution >= 0.6 is 0 Å². The molecular formula is C26H24N2O5S. The van der Waals surface area contributed by atoms with Crippen LogP contribution in [0, 0.1) is 6.92 Å². The standard InChI is InChI=1S/C26H24N2O5S/c1-3-33-20-12-13-23-22(15-20)26(30)24(34(31,32)21-10-5-4-6-11-21)16-28(23)17-25(29)27-19-9-7-8-18(2)14-19/h4-16H,3,17H2,1-2H3,(H,27,29). The van der Waals surface area contributed by atoms with Crippen LogP contribution in [-0.2, 0) is 21.2 Å². The van der Waals surface area contributed by atoms with Crippen molar-refractivity contribution in [1.29, 1.82) is 0 Å². The second-order valence-electron chi connectivity index (χ2n) is 7.80. The molecule has 0 unspecified atom stereocenters. The van der Waals surface area contributed by atoms with E-state index in [-0.39, 0.29) is 22.7 Å². The summed E-state index contributed by atoms with van der Waals surface area (Å²) < 4.78 is 33.7. The molecule has 174 valence electrons. The van der Waals surface area contributed by atoms with E-state index >= 15 is 0 Å². The lowest BCUT2D eigenvalue weighted by Gasteiger charge is -2.15. The fraction of sp³-hybridized carbons (Fsp3) is 0.154. The molecule has 8 heteroatoms. The molecular weight excluding hydrogens is 452 g/mol. The first-order valence-corrected chi connectivity index (χ1v) is 12.2. The first-order valence-electron chi connectivity index (χ1n) is 10.8. The SMILES string of the molecule is CCOc1ccc2c(c1)c(=O)c(S(=O)(=O)c1ccccc1)cn2CC(=O)Nc1cccc(C)c1. The van der Waals surface area contributed by atoms with Crippen LogP contribution in [0.15, 0.2) is 93.6 Å². The van der Waals surface area contributed by atoms with Gasteiger partial charge in [0.05, 0.1) is 22.4 Å². The minimum atomic E-state index is -4.11. The van der Waals surface area contributed by atoms with E-state index in [0.29, 0.717) is 23.6 Å². The Morgan fingerprint density at radius 2 is 1.76 bits per heavy atom. The number of sulfone groups is 1. The Kier molecular flexibility index (Phi) is 6.51. The number of ether oxygens (including phenoxy) is 1. The normalized spacial score (nSPS) is 11.4. The summed E-state index contributed by atoms with van der Waals surface area (Å²) in [5.41, 5.74) is 1.41. The van der Waals surface area contributed by atoms with Crippen molar-refractivity contribution in [3.8, 4) is 5.75 Å². The van der Waals surface area contributed by atoms with Crippen LogP contribution in [0.4, 0.5) is 5.69 Å². The molecule has 0 saturated carbocycles. The molecule has 0 aliphatic heterocycles. The molecule has 0 aliphatic carbocycles. The summed E-state index contributed by atoms with van der Waals surface area (Å²) in [7, 11) is -4.11. The van der Waals surface area contributed by atoms with Gasteiger partial charge in [0.2, 0.25) is 21.2 Å². The van der Waals surface area contributed by atoms with Gasteiger partial charge in [0.1, 0.15) is 17.2 Å². The van der Waals surface area contributed by atoms with Gasteiger partial charge < -0.3 is 14.6 Å². The zero-order valence-electron chi connectivity index (χ0n) is 18.8. The number of hydrogen-bond donors (Lipinski definition) is 1. The number of carbonyl (C=O) groups excluding carboxylic acids is 1. The third kappa shape index (κ3) is 4.72. The smallest absolute Gasteiger partial charge is 0.244 e. The molecule has 34 heavy (non-hydrogen) atoms. The topological polar surface area (TPSA) is 94.5 Å². The molecule has 0 saturated heterocycles. The monoisotopic (exact) mass is 476 g/mol. The summed E-state index contributed by atoms with van der Waals surface area (Å²) in [6.45, 7) is 3.94. The van der Waals surface area contributed by atoms with Gasteiger partial charge in [-0.3, -0.25) is 9.59 Å². The van der Waals surface area contributed by atoms with Crippen molar-refractivity contribution >= 4 is 32.3 Å². The van der Waals surface area contributed by atoms with Gasteiger partial charge in [0.25, 0.3) is 0 Å². The molecule has 0 radical (unpaired) electrons. The lowest BCUT2D eigenvalue weighted by Crippen LogP contribution is -2.24. The maximum atomic E-state index is 13.3. The number of rotatable bonds is 7. The summed E-state index contributed by atoms with van der Waals surface area (Å²) in [5.74, 6) is 0.0876. The molecule has 1 N–H and O–H groups in total. The quantitative estimate of drug-likeness (QED) is 0.432. The predicted molar refractivity (Wildman–Crippen MR) is 131 cm³/mol. The molecule has 1 heterocycles. The third-order valence-corrected chi connectivity index (χ3v) is 7.05. The molecule has 3 aromatic carbocycles. The highest BCUT2D eigenvalue weighted by molar-refractivity contribution is 7.91. The summed E-state index contributed by atoms with van der Waals surface area (Å²) in [6.07, 6.45) is 1.24. The zero-order valence-corrected chi connectivity index (χ0v) is 19.6. The van der Waals surface area contributed by atoms with Gasteiger partial charge in [0.15, 0.2) is 0 Å². The number of benzene rings is 3. The van der Waals surface area contributed by atoms with Crippen molar-refractivity contribution in [2.24, 2.45) is 0 Å². The van der Waals surface area contributed by atoms with Gasteiger partial charge in [-0.05, 0) is 61.9 Å². The van der Waals surface area contributed by atoms with Crippen molar-refractivity contribution in [3.63, 3.8) is 0 Å². The largest absolute Gasteiger partial charge is 0.494 e. The summed E-state index contributed by atoms with van der Waals surface area (Å²) >= 11 is 0. The maximum absolute atomic E-state index is 13.3. The third-order valence-electron chi connectivity index (χ3n) is 5.29. The molecule has 0 fully saturated rings. The van der Waals surface area contributed by atoms with Gasteiger partial charge in [-0.25, -0.2) is 8.42 Å². The Labute approximate surface area is 197 Å². The van der Waals surface area contributed by atoms with E-state index in [2.05, 4.69) is 5.32 Å². The highest BCUT2D eigenvalue weighted by Crippen LogP contribution is 2.24. The molecule has 1 aromatic heterocycles. The van der Waals surface area contributed by atoms with Crippen LogP contribution in [0.5, 0.6) is 5.75 Å². The number of amides is 1. The number of nitrogens with zero attached hydrogens (tertiary/aromatic N) is 1. The number of aromatic nitrogens is 1. The molecule has 4 rings (SSSR count). The van der Waals surface area contributed by atoms with Crippen LogP contribution in [0.25, 0.3) is 10.9 Å². The summed E-state index contributed by atoms with van der Waals surface area (Å²) in [5, 5.41) is 2.98. The van der Waals surface area contributed by atoms with Crippen molar-refractivity contribution in [1.82, 2.24) is 4.57 Å². The van der Waals surface area contributed by atoms with Gasteiger partial charge in [-0.2, -0.15) is 0 Å². The number of pyridine rings is 1. The summed E-state index contributed by atoms with van der Waals surface area (Å²) in [4.78, 5) is 25.8. The van der Waals surface area contributed by atoms with E-state index in [4.69, 9.17) is 4.74 Å². The number of fused-ring (bicyclic) bond motifs is 1. The number of aryl methyl sites for hydroxylation is 1. The Balaban J connectivity index is 1.84. The van der Waals surface area contributed by atoms with E-state index < -0.39 is 20.2 Å². The Morgan fingerprint density at radius 1 is 1.00 bits per heavy atom. The van der Waals surface area contributed by atoms with E-state index in [9.17, 15) is 18.0 Å². The van der Waals surface area contributed by atoms with E-state index in [1.165, 1.54) is 29.0 Å². The maximum Gasteiger partial charge on any atom is 0.244 e. The lowest BCUT2D eigenvalue weighted by molar-refractivity contribution is -0.116.